The van der Waals surface area contributed by atoms with Crippen LogP contribution < -0.4 is 9.47 Å². The van der Waals surface area contributed by atoms with Crippen LogP contribution in [0.3, 0.4) is 0 Å². The van der Waals surface area contributed by atoms with Gasteiger partial charge in [0.15, 0.2) is 5.69 Å². The molecule has 0 atom stereocenters. The maximum absolute atomic E-state index is 10.7. The smallest absolute Gasteiger partial charge is 0.356 e. The first kappa shape index (κ1) is 12.8. The van der Waals surface area contributed by atoms with E-state index in [4.69, 9.17) is 14.6 Å². The van der Waals surface area contributed by atoms with Crippen LogP contribution in [0.15, 0.2) is 42.7 Å². The molecule has 0 unspecified atom stereocenters. The molecule has 0 aliphatic heterocycles. The van der Waals surface area contributed by atoms with Gasteiger partial charge in [-0.25, -0.2) is 9.78 Å². The highest BCUT2D eigenvalue weighted by atomic mass is 16.5. The van der Waals surface area contributed by atoms with Crippen LogP contribution in [0.1, 0.15) is 10.5 Å². The summed E-state index contributed by atoms with van der Waals surface area (Å²) in [7, 11) is 0. The molecule has 6 nitrogen and oxygen atoms in total. The van der Waals surface area contributed by atoms with Gasteiger partial charge in [-0.2, -0.15) is 0 Å². The molecule has 0 aliphatic rings. The fraction of sp³-hybridized carbons (Fsp3) is 0.154. The summed E-state index contributed by atoms with van der Waals surface area (Å²) in [5.74, 6) is -0.230. The summed E-state index contributed by atoms with van der Waals surface area (Å²) in [6.45, 7) is 0.593. The molecule has 0 saturated carbocycles. The van der Waals surface area contributed by atoms with Crippen LogP contribution in [0, 0.1) is 0 Å². The van der Waals surface area contributed by atoms with Crippen LogP contribution in [0.25, 0.3) is 0 Å². The minimum atomic E-state index is -1.14. The van der Waals surface area contributed by atoms with Crippen molar-refractivity contribution >= 4 is 5.97 Å². The summed E-state index contributed by atoms with van der Waals surface area (Å²) in [5.41, 5.74) is -0.151. The van der Waals surface area contributed by atoms with Crippen molar-refractivity contribution in [2.75, 3.05) is 13.2 Å². The molecule has 2 aromatic rings. The van der Waals surface area contributed by atoms with Gasteiger partial charge in [-0.15, -0.1) is 0 Å². The highest BCUT2D eigenvalue weighted by Crippen LogP contribution is 2.08. The second-order valence-electron chi connectivity index (χ2n) is 3.56. The number of hydrogen-bond donors (Lipinski definition) is 1. The van der Waals surface area contributed by atoms with Crippen LogP contribution in [0.2, 0.25) is 0 Å². The maximum atomic E-state index is 10.7. The number of carboxylic acid groups (broad SMARTS) is 1. The van der Waals surface area contributed by atoms with Crippen molar-refractivity contribution in [1.29, 1.82) is 0 Å². The molecule has 1 aromatic heterocycles. The third-order valence-corrected chi connectivity index (χ3v) is 2.18. The Morgan fingerprint density at radius 1 is 1.11 bits per heavy atom. The zero-order valence-corrected chi connectivity index (χ0v) is 10.0. The van der Waals surface area contributed by atoms with Gasteiger partial charge in [-0.1, -0.05) is 18.2 Å². The molecule has 1 N–H and O–H groups in total. The van der Waals surface area contributed by atoms with E-state index in [1.165, 1.54) is 6.20 Å². The fourth-order valence-corrected chi connectivity index (χ4v) is 1.34. The van der Waals surface area contributed by atoms with E-state index in [9.17, 15) is 4.79 Å². The lowest BCUT2D eigenvalue weighted by molar-refractivity contribution is 0.0688. The van der Waals surface area contributed by atoms with Crippen molar-refractivity contribution in [3.05, 3.63) is 48.4 Å². The Labute approximate surface area is 109 Å². The number of aromatic carboxylic acids is 1. The van der Waals surface area contributed by atoms with Gasteiger partial charge < -0.3 is 14.6 Å². The second kappa shape index (κ2) is 6.34. The van der Waals surface area contributed by atoms with Gasteiger partial charge in [0.25, 0.3) is 0 Å². The average molecular weight is 260 g/mol. The summed E-state index contributed by atoms with van der Waals surface area (Å²) in [5, 5.41) is 8.75. The van der Waals surface area contributed by atoms with Gasteiger partial charge in [-0.3, -0.25) is 4.98 Å². The molecule has 98 valence electrons. The van der Waals surface area contributed by atoms with Crippen LogP contribution in [-0.2, 0) is 0 Å². The lowest BCUT2D eigenvalue weighted by Crippen LogP contribution is -2.11. The Morgan fingerprint density at radius 2 is 1.84 bits per heavy atom. The van der Waals surface area contributed by atoms with Crippen LogP contribution in [0.5, 0.6) is 11.6 Å². The molecule has 0 bridgehead atoms. The van der Waals surface area contributed by atoms with Crippen molar-refractivity contribution in [3.8, 4) is 11.6 Å². The first-order valence-corrected chi connectivity index (χ1v) is 5.61. The van der Waals surface area contributed by atoms with E-state index in [-0.39, 0.29) is 18.2 Å². The number of ether oxygens (including phenoxy) is 2. The maximum Gasteiger partial charge on any atom is 0.356 e. The number of benzene rings is 1. The molecular formula is C13H12N2O4. The van der Waals surface area contributed by atoms with Crippen LogP contribution in [0.4, 0.5) is 0 Å². The van der Waals surface area contributed by atoms with Gasteiger partial charge >= 0.3 is 5.97 Å². The Bertz CT molecular complexity index is 545. The van der Waals surface area contributed by atoms with Gasteiger partial charge in [0.05, 0.1) is 12.4 Å². The van der Waals surface area contributed by atoms with Crippen molar-refractivity contribution in [2.24, 2.45) is 0 Å². The Balaban J connectivity index is 1.80. The minimum Gasteiger partial charge on any atom is -0.490 e. The Hall–Kier alpha value is -2.63. The van der Waals surface area contributed by atoms with Crippen molar-refractivity contribution in [2.45, 2.75) is 0 Å². The van der Waals surface area contributed by atoms with Crippen LogP contribution in [-0.4, -0.2) is 34.3 Å². The summed E-state index contributed by atoms with van der Waals surface area (Å²) >= 11 is 0. The molecule has 0 aliphatic carbocycles. The van der Waals surface area contributed by atoms with Crippen molar-refractivity contribution in [3.63, 3.8) is 0 Å². The average Bonchev–Trinajstić information content (AvgIpc) is 2.45. The highest BCUT2D eigenvalue weighted by Gasteiger charge is 2.06. The molecular weight excluding hydrogens is 248 g/mol. The topological polar surface area (TPSA) is 81.5 Å². The highest BCUT2D eigenvalue weighted by molar-refractivity contribution is 5.84. The molecule has 2 rings (SSSR count). The molecule has 0 amide bonds. The fourth-order valence-electron chi connectivity index (χ4n) is 1.34. The largest absolute Gasteiger partial charge is 0.490 e. The van der Waals surface area contributed by atoms with E-state index in [1.807, 2.05) is 30.3 Å². The number of para-hydroxylation sites is 1. The monoisotopic (exact) mass is 260 g/mol. The molecule has 0 spiro atoms. The molecule has 1 aromatic carbocycles. The van der Waals surface area contributed by atoms with Crippen LogP contribution >= 0.6 is 0 Å². The van der Waals surface area contributed by atoms with E-state index in [0.717, 1.165) is 11.9 Å². The molecule has 19 heavy (non-hydrogen) atoms. The standard InChI is InChI=1S/C13H12N2O4/c16-13(17)11-8-14-9-12(15-11)19-7-6-18-10-4-2-1-3-5-10/h1-5,8-9H,6-7H2,(H,16,17). The molecule has 0 radical (unpaired) electrons. The Morgan fingerprint density at radius 3 is 2.58 bits per heavy atom. The van der Waals surface area contributed by atoms with Gasteiger partial charge in [0.1, 0.15) is 19.0 Å². The number of nitrogens with zero attached hydrogens (tertiary/aromatic N) is 2. The predicted molar refractivity (Wildman–Crippen MR) is 66.4 cm³/mol. The lowest BCUT2D eigenvalue weighted by atomic mass is 10.3. The summed E-state index contributed by atoms with van der Waals surface area (Å²) in [6.07, 6.45) is 2.52. The lowest BCUT2D eigenvalue weighted by Gasteiger charge is -2.07. The van der Waals surface area contributed by atoms with Crippen molar-refractivity contribution in [1.82, 2.24) is 9.97 Å². The number of hydrogen-bond acceptors (Lipinski definition) is 5. The molecule has 0 saturated heterocycles. The first-order chi connectivity index (χ1) is 9.25. The second-order valence-corrected chi connectivity index (χ2v) is 3.56. The molecule has 6 heteroatoms. The number of aromatic nitrogens is 2. The van der Waals surface area contributed by atoms with E-state index in [0.29, 0.717) is 6.61 Å². The predicted octanol–water partition coefficient (Wildman–Crippen LogP) is 1.63. The number of carbonyl (C=O) groups is 1. The molecule has 0 fully saturated rings. The minimum absolute atomic E-state index is 0.151. The summed E-state index contributed by atoms with van der Waals surface area (Å²) in [6, 6.07) is 9.32. The zero-order valence-electron chi connectivity index (χ0n) is 10.0. The summed E-state index contributed by atoms with van der Waals surface area (Å²) < 4.78 is 10.7. The van der Waals surface area contributed by atoms with E-state index < -0.39 is 5.97 Å². The van der Waals surface area contributed by atoms with Gasteiger partial charge in [-0.05, 0) is 12.1 Å². The number of rotatable bonds is 6. The van der Waals surface area contributed by atoms with E-state index >= 15 is 0 Å². The summed E-state index contributed by atoms with van der Waals surface area (Å²) in [4.78, 5) is 18.2. The third-order valence-electron chi connectivity index (χ3n) is 2.18. The normalized spacial score (nSPS) is 9.89. The quantitative estimate of drug-likeness (QED) is 0.795. The van der Waals surface area contributed by atoms with E-state index in [2.05, 4.69) is 9.97 Å². The first-order valence-electron chi connectivity index (χ1n) is 5.61. The third kappa shape index (κ3) is 3.95. The van der Waals surface area contributed by atoms with Crippen molar-refractivity contribution < 1.29 is 19.4 Å². The SMILES string of the molecule is O=C(O)c1cncc(OCCOc2ccccc2)n1. The van der Waals surface area contributed by atoms with Gasteiger partial charge in [0.2, 0.25) is 5.88 Å². The Kier molecular flexibility index (Phi) is 4.28. The van der Waals surface area contributed by atoms with Gasteiger partial charge in [0, 0.05) is 0 Å². The zero-order chi connectivity index (χ0) is 13.5. The van der Waals surface area contributed by atoms with E-state index in [1.54, 1.807) is 0 Å². The molecule has 1 heterocycles. The number of carboxylic acids is 1.